The fourth-order valence-electron chi connectivity index (χ4n) is 5.00. The Bertz CT molecular complexity index is 755. The predicted octanol–water partition coefficient (Wildman–Crippen LogP) is 4.72. The lowest BCUT2D eigenvalue weighted by Gasteiger charge is -2.10. The van der Waals surface area contributed by atoms with E-state index in [-0.39, 0.29) is 27.6 Å². The molecule has 2 fully saturated rings. The molecule has 0 aromatic carbocycles. The number of carbonyl (C=O) groups is 1. The number of fused-ring (bicyclic) bond motifs is 3. The van der Waals surface area contributed by atoms with Gasteiger partial charge in [-0.25, -0.2) is 4.68 Å². The van der Waals surface area contributed by atoms with E-state index in [4.69, 9.17) is 23.2 Å². The Hall–Kier alpha value is -0.800. The zero-order valence-corrected chi connectivity index (χ0v) is 15.7. The molecule has 0 N–H and O–H groups in total. The molecule has 0 aliphatic heterocycles. The Kier molecular flexibility index (Phi) is 3.02. The average molecular weight is 353 g/mol. The highest BCUT2D eigenvalue weighted by Gasteiger charge is 2.65. The summed E-state index contributed by atoms with van der Waals surface area (Å²) in [5.41, 5.74) is 3.75. The standard InChI is InChI=1S/C18H22Cl2N2O/c1-8-13-11(6-9-14(13)17(9,2)3)22(21-8)16(23)15-10(7-12(19)20)18(15,4)5/h7,9-10,14-15H,6H2,1-5H3/t9-,10+,14-,15+/m1/s1. The molecule has 0 unspecified atom stereocenters. The van der Waals surface area contributed by atoms with E-state index in [2.05, 4.69) is 32.8 Å². The van der Waals surface area contributed by atoms with Crippen LogP contribution < -0.4 is 0 Å². The van der Waals surface area contributed by atoms with Crippen molar-refractivity contribution in [2.45, 2.75) is 47.0 Å². The summed E-state index contributed by atoms with van der Waals surface area (Å²) in [5.74, 6) is 1.35. The molecular weight excluding hydrogens is 331 g/mol. The van der Waals surface area contributed by atoms with Crippen LogP contribution in [0.4, 0.5) is 0 Å². The molecule has 0 spiro atoms. The minimum absolute atomic E-state index is 0.0903. The van der Waals surface area contributed by atoms with Gasteiger partial charge in [-0.15, -0.1) is 0 Å². The van der Waals surface area contributed by atoms with Crippen LogP contribution in [0.25, 0.3) is 0 Å². The topological polar surface area (TPSA) is 34.9 Å². The molecule has 2 saturated carbocycles. The number of halogens is 2. The SMILES string of the molecule is Cc1nn(C(=O)[C@@H]2[C@H](C=C(Cl)Cl)C2(C)C)c2c1[C@H]1[C@@H](C2)C1(C)C. The van der Waals surface area contributed by atoms with Gasteiger partial charge in [0.15, 0.2) is 0 Å². The van der Waals surface area contributed by atoms with Gasteiger partial charge in [0.05, 0.1) is 17.3 Å². The van der Waals surface area contributed by atoms with Crippen LogP contribution in [-0.2, 0) is 6.42 Å². The zero-order chi connectivity index (χ0) is 16.9. The first-order valence-electron chi connectivity index (χ1n) is 8.24. The van der Waals surface area contributed by atoms with Crippen molar-refractivity contribution in [1.29, 1.82) is 0 Å². The van der Waals surface area contributed by atoms with Crippen LogP contribution in [0.3, 0.4) is 0 Å². The number of aryl methyl sites for hydroxylation is 1. The average Bonchev–Trinajstić information content (AvgIpc) is 2.98. The van der Waals surface area contributed by atoms with Crippen molar-refractivity contribution >= 4 is 29.1 Å². The quantitative estimate of drug-likeness (QED) is 0.771. The molecule has 1 heterocycles. The van der Waals surface area contributed by atoms with Gasteiger partial charge in [-0.05, 0) is 48.0 Å². The van der Waals surface area contributed by atoms with Gasteiger partial charge in [0.25, 0.3) is 5.91 Å². The van der Waals surface area contributed by atoms with E-state index in [0.29, 0.717) is 17.3 Å². The summed E-state index contributed by atoms with van der Waals surface area (Å²) in [4.78, 5) is 13.1. The van der Waals surface area contributed by atoms with E-state index in [1.54, 1.807) is 10.8 Å². The molecule has 3 nitrogen and oxygen atoms in total. The van der Waals surface area contributed by atoms with Crippen LogP contribution in [0.2, 0.25) is 0 Å². The van der Waals surface area contributed by atoms with Gasteiger partial charge in [0, 0.05) is 5.56 Å². The molecule has 3 aliphatic rings. The normalized spacial score (nSPS) is 34.6. The van der Waals surface area contributed by atoms with E-state index in [0.717, 1.165) is 17.8 Å². The number of nitrogens with zero attached hydrogens (tertiary/aromatic N) is 2. The lowest BCUT2D eigenvalue weighted by Crippen LogP contribution is -2.20. The number of hydrogen-bond acceptors (Lipinski definition) is 2. The Morgan fingerprint density at radius 3 is 2.52 bits per heavy atom. The van der Waals surface area contributed by atoms with E-state index < -0.39 is 0 Å². The smallest absolute Gasteiger partial charge is 0.251 e. The number of rotatable bonds is 2. The van der Waals surface area contributed by atoms with Gasteiger partial charge in [0.1, 0.15) is 4.49 Å². The zero-order valence-electron chi connectivity index (χ0n) is 14.2. The maximum Gasteiger partial charge on any atom is 0.251 e. The van der Waals surface area contributed by atoms with Crippen LogP contribution in [0.5, 0.6) is 0 Å². The molecule has 1 aromatic heterocycles. The molecule has 0 saturated heterocycles. The lowest BCUT2D eigenvalue weighted by molar-refractivity contribution is 0.0847. The Balaban J connectivity index is 1.67. The van der Waals surface area contributed by atoms with Crippen molar-refractivity contribution in [2.75, 3.05) is 0 Å². The first-order valence-corrected chi connectivity index (χ1v) is 8.99. The molecule has 5 heteroatoms. The first kappa shape index (κ1) is 15.7. The van der Waals surface area contributed by atoms with E-state index in [9.17, 15) is 4.79 Å². The Labute approximate surface area is 147 Å². The molecule has 3 aliphatic carbocycles. The van der Waals surface area contributed by atoms with Gasteiger partial charge in [0.2, 0.25) is 0 Å². The highest BCUT2D eigenvalue weighted by atomic mass is 35.5. The van der Waals surface area contributed by atoms with Gasteiger partial charge in [-0.1, -0.05) is 50.9 Å². The van der Waals surface area contributed by atoms with Crippen LogP contribution >= 0.6 is 23.2 Å². The maximum atomic E-state index is 13.1. The molecule has 1 aromatic rings. The summed E-state index contributed by atoms with van der Waals surface area (Å²) >= 11 is 11.6. The molecule has 0 radical (unpaired) electrons. The lowest BCUT2D eigenvalue weighted by atomic mass is 9.98. The monoisotopic (exact) mass is 352 g/mol. The first-order chi connectivity index (χ1) is 10.6. The predicted molar refractivity (Wildman–Crippen MR) is 91.9 cm³/mol. The third-order valence-corrected chi connectivity index (χ3v) is 6.92. The minimum Gasteiger partial charge on any atom is -0.272 e. The summed E-state index contributed by atoms with van der Waals surface area (Å²) in [6.07, 6.45) is 2.77. The van der Waals surface area contributed by atoms with E-state index >= 15 is 0 Å². The fraction of sp³-hybridized carbons (Fsp3) is 0.667. The highest BCUT2D eigenvalue weighted by molar-refractivity contribution is 6.55. The second-order valence-corrected chi connectivity index (χ2v) is 9.59. The number of aromatic nitrogens is 2. The van der Waals surface area contributed by atoms with Gasteiger partial charge in [-0.2, -0.15) is 5.10 Å². The Morgan fingerprint density at radius 1 is 1.26 bits per heavy atom. The van der Waals surface area contributed by atoms with Crippen LogP contribution in [0.15, 0.2) is 10.6 Å². The van der Waals surface area contributed by atoms with E-state index in [1.807, 2.05) is 6.92 Å². The largest absolute Gasteiger partial charge is 0.272 e. The number of hydrogen-bond donors (Lipinski definition) is 0. The van der Waals surface area contributed by atoms with Crippen LogP contribution in [0.1, 0.15) is 55.4 Å². The number of allylic oxidation sites excluding steroid dienone is 1. The van der Waals surface area contributed by atoms with Gasteiger partial charge in [-0.3, -0.25) is 4.79 Å². The Morgan fingerprint density at radius 2 is 1.91 bits per heavy atom. The van der Waals surface area contributed by atoms with Gasteiger partial charge >= 0.3 is 0 Å². The molecular formula is C18H22Cl2N2O. The fourth-order valence-corrected chi connectivity index (χ4v) is 5.28. The summed E-state index contributed by atoms with van der Waals surface area (Å²) < 4.78 is 1.93. The molecule has 0 amide bonds. The molecule has 4 rings (SSSR count). The third kappa shape index (κ3) is 1.96. The summed E-state index contributed by atoms with van der Waals surface area (Å²) in [6, 6.07) is 0. The van der Waals surface area contributed by atoms with Crippen molar-refractivity contribution in [3.8, 4) is 0 Å². The van der Waals surface area contributed by atoms with Crippen LogP contribution in [0, 0.1) is 35.5 Å². The molecule has 4 atom stereocenters. The number of carbonyl (C=O) groups excluding carboxylic acids is 1. The van der Waals surface area contributed by atoms with Crippen molar-refractivity contribution in [2.24, 2.45) is 28.6 Å². The summed E-state index contributed by atoms with van der Waals surface area (Å²) in [7, 11) is 0. The summed E-state index contributed by atoms with van der Waals surface area (Å²) in [5, 5.41) is 4.60. The van der Waals surface area contributed by atoms with Crippen molar-refractivity contribution in [1.82, 2.24) is 9.78 Å². The molecule has 124 valence electrons. The third-order valence-electron chi connectivity index (χ3n) is 6.67. The second-order valence-electron chi connectivity index (χ2n) is 8.59. The second kappa shape index (κ2) is 4.43. The summed E-state index contributed by atoms with van der Waals surface area (Å²) in [6.45, 7) is 10.8. The molecule has 23 heavy (non-hydrogen) atoms. The highest BCUT2D eigenvalue weighted by Crippen LogP contribution is 2.70. The van der Waals surface area contributed by atoms with Crippen LogP contribution in [-0.4, -0.2) is 15.7 Å². The maximum absolute atomic E-state index is 13.1. The van der Waals surface area contributed by atoms with Crippen molar-refractivity contribution in [3.05, 3.63) is 27.5 Å². The molecule has 0 bridgehead atoms. The van der Waals surface area contributed by atoms with Crippen molar-refractivity contribution < 1.29 is 4.79 Å². The van der Waals surface area contributed by atoms with Gasteiger partial charge < -0.3 is 0 Å². The minimum atomic E-state index is -0.111. The van der Waals surface area contributed by atoms with Crippen molar-refractivity contribution in [3.63, 3.8) is 0 Å². The van der Waals surface area contributed by atoms with E-state index in [1.165, 1.54) is 5.56 Å².